The fourth-order valence-electron chi connectivity index (χ4n) is 2.36. The smallest absolute Gasteiger partial charge is 0.0597 e. The zero-order valence-corrected chi connectivity index (χ0v) is 8.78. The molecule has 3 nitrogen and oxygen atoms in total. The summed E-state index contributed by atoms with van der Waals surface area (Å²) in [5, 5.41) is 0. The molecular formula is C11H21NO2. The second kappa shape index (κ2) is 5.10. The molecule has 1 heterocycles. The first kappa shape index (κ1) is 10.4. The van der Waals surface area contributed by atoms with E-state index in [2.05, 4.69) is 0 Å². The predicted octanol–water partition coefficient (Wildman–Crippen LogP) is 1.45. The summed E-state index contributed by atoms with van der Waals surface area (Å²) in [7, 11) is 0. The van der Waals surface area contributed by atoms with E-state index in [0.29, 0.717) is 18.2 Å². The molecule has 3 unspecified atom stereocenters. The minimum Gasteiger partial charge on any atom is -0.378 e. The highest BCUT2D eigenvalue weighted by atomic mass is 16.5. The first-order valence-corrected chi connectivity index (χ1v) is 5.83. The monoisotopic (exact) mass is 199 g/mol. The van der Waals surface area contributed by atoms with Crippen molar-refractivity contribution in [2.45, 2.75) is 56.8 Å². The van der Waals surface area contributed by atoms with Crippen molar-refractivity contribution in [2.24, 2.45) is 5.73 Å². The van der Waals surface area contributed by atoms with Gasteiger partial charge in [0.05, 0.1) is 12.2 Å². The maximum atomic E-state index is 5.81. The number of nitrogens with two attached hydrogens (primary N) is 1. The molecule has 2 aliphatic rings. The lowest BCUT2D eigenvalue weighted by Crippen LogP contribution is -2.19. The van der Waals surface area contributed by atoms with Gasteiger partial charge in [-0.25, -0.2) is 0 Å². The first-order valence-electron chi connectivity index (χ1n) is 5.83. The number of hydrogen-bond donors (Lipinski definition) is 1. The summed E-state index contributed by atoms with van der Waals surface area (Å²) in [6, 6.07) is 0.378. The van der Waals surface area contributed by atoms with Crippen LogP contribution in [0.2, 0.25) is 0 Å². The lowest BCUT2D eigenvalue weighted by Gasteiger charge is -2.13. The molecule has 2 N–H and O–H groups in total. The summed E-state index contributed by atoms with van der Waals surface area (Å²) in [6.45, 7) is 1.79. The Bertz CT molecular complexity index is 169. The molecule has 0 radical (unpaired) electrons. The highest BCUT2D eigenvalue weighted by Gasteiger charge is 2.22. The summed E-state index contributed by atoms with van der Waals surface area (Å²) in [6.07, 6.45) is 7.71. The quantitative estimate of drug-likeness (QED) is 0.745. The molecule has 1 aliphatic carbocycles. The average Bonchev–Trinajstić information content (AvgIpc) is 2.77. The van der Waals surface area contributed by atoms with Gasteiger partial charge in [-0.3, -0.25) is 0 Å². The Kier molecular flexibility index (Phi) is 3.79. The summed E-state index contributed by atoms with van der Waals surface area (Å²) >= 11 is 0. The van der Waals surface area contributed by atoms with E-state index in [0.717, 1.165) is 38.9 Å². The van der Waals surface area contributed by atoms with Gasteiger partial charge in [-0.1, -0.05) is 0 Å². The summed E-state index contributed by atoms with van der Waals surface area (Å²) < 4.78 is 11.3. The van der Waals surface area contributed by atoms with Crippen molar-refractivity contribution < 1.29 is 9.47 Å². The molecule has 0 aromatic heterocycles. The van der Waals surface area contributed by atoms with Gasteiger partial charge >= 0.3 is 0 Å². The second-order valence-electron chi connectivity index (χ2n) is 4.49. The SMILES string of the molecule is NC1CCC(OCCC2CCCO2)C1. The van der Waals surface area contributed by atoms with E-state index in [9.17, 15) is 0 Å². The minimum atomic E-state index is 0.378. The number of ether oxygens (including phenoxy) is 2. The van der Waals surface area contributed by atoms with Crippen molar-refractivity contribution in [3.05, 3.63) is 0 Å². The molecule has 1 aliphatic heterocycles. The van der Waals surface area contributed by atoms with Crippen LogP contribution in [0.25, 0.3) is 0 Å². The van der Waals surface area contributed by atoms with Gasteiger partial charge in [0.1, 0.15) is 0 Å². The second-order valence-corrected chi connectivity index (χ2v) is 4.49. The summed E-state index contributed by atoms with van der Waals surface area (Å²) in [5.41, 5.74) is 5.81. The van der Waals surface area contributed by atoms with Crippen LogP contribution in [-0.2, 0) is 9.47 Å². The largest absolute Gasteiger partial charge is 0.378 e. The van der Waals surface area contributed by atoms with Crippen LogP contribution >= 0.6 is 0 Å². The van der Waals surface area contributed by atoms with E-state index in [1.54, 1.807) is 0 Å². The molecule has 82 valence electrons. The molecule has 1 saturated carbocycles. The van der Waals surface area contributed by atoms with Crippen LogP contribution in [0.1, 0.15) is 38.5 Å². The molecule has 3 atom stereocenters. The van der Waals surface area contributed by atoms with Gasteiger partial charge in [-0.05, 0) is 38.5 Å². The Morgan fingerprint density at radius 2 is 2.21 bits per heavy atom. The highest BCUT2D eigenvalue weighted by Crippen LogP contribution is 2.21. The fourth-order valence-corrected chi connectivity index (χ4v) is 2.36. The third-order valence-electron chi connectivity index (χ3n) is 3.24. The van der Waals surface area contributed by atoms with E-state index >= 15 is 0 Å². The van der Waals surface area contributed by atoms with Gasteiger partial charge in [-0.2, -0.15) is 0 Å². The molecule has 1 saturated heterocycles. The van der Waals surface area contributed by atoms with Gasteiger partial charge in [0, 0.05) is 19.3 Å². The van der Waals surface area contributed by atoms with Gasteiger partial charge in [0.15, 0.2) is 0 Å². The average molecular weight is 199 g/mol. The van der Waals surface area contributed by atoms with Gasteiger partial charge in [0.25, 0.3) is 0 Å². The molecule has 0 spiro atoms. The lowest BCUT2D eigenvalue weighted by molar-refractivity contribution is 0.0225. The van der Waals surface area contributed by atoms with Gasteiger partial charge in [0.2, 0.25) is 0 Å². The number of rotatable bonds is 4. The van der Waals surface area contributed by atoms with Crippen molar-refractivity contribution in [3.8, 4) is 0 Å². The summed E-state index contributed by atoms with van der Waals surface area (Å²) in [5.74, 6) is 0. The molecule has 2 rings (SSSR count). The van der Waals surface area contributed by atoms with Gasteiger partial charge in [-0.15, -0.1) is 0 Å². The fraction of sp³-hybridized carbons (Fsp3) is 1.00. The molecule has 14 heavy (non-hydrogen) atoms. The first-order chi connectivity index (χ1) is 6.84. The Labute approximate surface area is 85.9 Å². The Hall–Kier alpha value is -0.120. The van der Waals surface area contributed by atoms with Crippen molar-refractivity contribution in [1.29, 1.82) is 0 Å². The number of hydrogen-bond acceptors (Lipinski definition) is 3. The lowest BCUT2D eigenvalue weighted by atomic mass is 10.2. The van der Waals surface area contributed by atoms with Crippen LogP contribution in [-0.4, -0.2) is 31.5 Å². The Morgan fingerprint density at radius 3 is 2.86 bits per heavy atom. The standard InChI is InChI=1S/C11H21NO2/c12-9-3-4-11(8-9)14-7-5-10-2-1-6-13-10/h9-11H,1-8,12H2. The molecule has 0 amide bonds. The van der Waals surface area contributed by atoms with Crippen LogP contribution < -0.4 is 5.73 Å². The van der Waals surface area contributed by atoms with Crippen LogP contribution in [0.15, 0.2) is 0 Å². The van der Waals surface area contributed by atoms with E-state index in [1.165, 1.54) is 12.8 Å². The van der Waals surface area contributed by atoms with E-state index in [1.807, 2.05) is 0 Å². The van der Waals surface area contributed by atoms with Crippen LogP contribution in [0, 0.1) is 0 Å². The van der Waals surface area contributed by atoms with Crippen LogP contribution in [0.5, 0.6) is 0 Å². The third kappa shape index (κ3) is 2.94. The van der Waals surface area contributed by atoms with E-state index < -0.39 is 0 Å². The van der Waals surface area contributed by atoms with Gasteiger partial charge < -0.3 is 15.2 Å². The molecule has 2 fully saturated rings. The maximum Gasteiger partial charge on any atom is 0.0597 e. The molecule has 0 aromatic rings. The zero-order chi connectivity index (χ0) is 9.80. The molecule has 3 heteroatoms. The third-order valence-corrected chi connectivity index (χ3v) is 3.24. The normalized spacial score (nSPS) is 37.9. The van der Waals surface area contributed by atoms with Crippen LogP contribution in [0.3, 0.4) is 0 Å². The Balaban J connectivity index is 1.54. The van der Waals surface area contributed by atoms with E-state index in [4.69, 9.17) is 15.2 Å². The van der Waals surface area contributed by atoms with Crippen molar-refractivity contribution in [1.82, 2.24) is 0 Å². The maximum absolute atomic E-state index is 5.81. The molecule has 0 bridgehead atoms. The highest BCUT2D eigenvalue weighted by molar-refractivity contribution is 4.78. The molecule has 0 aromatic carbocycles. The predicted molar refractivity (Wildman–Crippen MR) is 55.2 cm³/mol. The minimum absolute atomic E-state index is 0.378. The van der Waals surface area contributed by atoms with Crippen molar-refractivity contribution in [3.63, 3.8) is 0 Å². The van der Waals surface area contributed by atoms with E-state index in [-0.39, 0.29) is 0 Å². The van der Waals surface area contributed by atoms with Crippen molar-refractivity contribution >= 4 is 0 Å². The summed E-state index contributed by atoms with van der Waals surface area (Å²) in [4.78, 5) is 0. The topological polar surface area (TPSA) is 44.5 Å². The van der Waals surface area contributed by atoms with Crippen LogP contribution in [0.4, 0.5) is 0 Å². The Morgan fingerprint density at radius 1 is 1.29 bits per heavy atom. The zero-order valence-electron chi connectivity index (χ0n) is 8.78. The molecular weight excluding hydrogens is 178 g/mol. The van der Waals surface area contributed by atoms with Crippen molar-refractivity contribution in [2.75, 3.05) is 13.2 Å².